The van der Waals surface area contributed by atoms with Crippen molar-refractivity contribution in [1.82, 2.24) is 9.55 Å². The zero-order chi connectivity index (χ0) is 15.9. The Balaban J connectivity index is 2.05. The van der Waals surface area contributed by atoms with E-state index in [0.29, 0.717) is 22.6 Å². The van der Waals surface area contributed by atoms with Crippen molar-refractivity contribution in [2.24, 2.45) is 0 Å². The van der Waals surface area contributed by atoms with E-state index in [2.05, 4.69) is 4.98 Å². The summed E-state index contributed by atoms with van der Waals surface area (Å²) < 4.78 is 24.7. The van der Waals surface area contributed by atoms with Crippen LogP contribution in [0.3, 0.4) is 0 Å². The Labute approximate surface area is 132 Å². The van der Waals surface area contributed by atoms with Crippen LogP contribution >= 0.6 is 11.8 Å². The van der Waals surface area contributed by atoms with E-state index >= 15 is 0 Å². The van der Waals surface area contributed by atoms with Crippen LogP contribution in [0.1, 0.15) is 6.92 Å². The van der Waals surface area contributed by atoms with Crippen molar-refractivity contribution in [1.29, 1.82) is 0 Å². The number of aliphatic hydroxyl groups is 1. The molecule has 8 heteroatoms. The lowest BCUT2D eigenvalue weighted by atomic mass is 10.2. The summed E-state index contributed by atoms with van der Waals surface area (Å²) in [7, 11) is -3.22. The molecule has 0 radical (unpaired) electrons. The van der Waals surface area contributed by atoms with Gasteiger partial charge in [0.05, 0.1) is 33.8 Å². The van der Waals surface area contributed by atoms with Crippen LogP contribution in [0.2, 0.25) is 0 Å². The molecule has 1 aliphatic rings. The third-order valence-electron chi connectivity index (χ3n) is 3.67. The first kappa shape index (κ1) is 15.5. The highest BCUT2D eigenvalue weighted by Crippen LogP contribution is 2.30. The molecule has 2 aromatic rings. The van der Waals surface area contributed by atoms with Crippen molar-refractivity contribution in [3.8, 4) is 0 Å². The lowest BCUT2D eigenvalue weighted by Gasteiger charge is -2.15. The molecule has 3 rings (SSSR count). The molecule has 1 aromatic heterocycles. The Morgan fingerprint density at radius 1 is 1.36 bits per heavy atom. The van der Waals surface area contributed by atoms with E-state index in [1.807, 2.05) is 6.92 Å². The van der Waals surface area contributed by atoms with E-state index in [1.54, 1.807) is 24.3 Å². The molecule has 2 atom stereocenters. The van der Waals surface area contributed by atoms with E-state index in [4.69, 9.17) is 0 Å². The number of hydrogen-bond acceptors (Lipinski definition) is 6. The fraction of sp³-hybridized carbons (Fsp3) is 0.429. The second kappa shape index (κ2) is 5.68. The molecular weight excluding hydrogens is 324 g/mol. The number of rotatable bonds is 3. The molecule has 1 N–H and O–H groups in total. The van der Waals surface area contributed by atoms with Gasteiger partial charge in [-0.05, 0) is 19.1 Å². The van der Waals surface area contributed by atoms with Gasteiger partial charge in [-0.3, -0.25) is 9.36 Å². The van der Waals surface area contributed by atoms with Crippen molar-refractivity contribution in [2.45, 2.75) is 30.0 Å². The number of sulfone groups is 1. The largest absolute Gasteiger partial charge is 0.391 e. The molecule has 6 nitrogen and oxygen atoms in total. The molecule has 1 aliphatic heterocycles. The fourth-order valence-corrected chi connectivity index (χ4v) is 6.20. The van der Waals surface area contributed by atoms with Crippen LogP contribution in [-0.4, -0.2) is 45.9 Å². The van der Waals surface area contributed by atoms with Crippen LogP contribution in [0.25, 0.3) is 10.9 Å². The van der Waals surface area contributed by atoms with Gasteiger partial charge < -0.3 is 5.11 Å². The fourth-order valence-electron chi connectivity index (χ4n) is 2.56. The first-order valence-electron chi connectivity index (χ1n) is 6.96. The number of aliphatic hydroxyl groups excluding tert-OH is 1. The molecular formula is C14H16N2O4S2. The number of fused-ring (bicyclic) bond motifs is 1. The average molecular weight is 340 g/mol. The number of nitrogens with zero attached hydrogens (tertiary/aromatic N) is 2. The van der Waals surface area contributed by atoms with Crippen molar-refractivity contribution >= 4 is 32.5 Å². The van der Waals surface area contributed by atoms with E-state index in [0.717, 1.165) is 11.8 Å². The summed E-state index contributed by atoms with van der Waals surface area (Å²) in [5.41, 5.74) is 0.431. The Kier molecular flexibility index (Phi) is 4.00. The highest BCUT2D eigenvalue weighted by molar-refractivity contribution is 8.01. The molecule has 1 saturated heterocycles. The predicted octanol–water partition coefficient (Wildman–Crippen LogP) is 0.666. The predicted molar refractivity (Wildman–Crippen MR) is 86.0 cm³/mol. The van der Waals surface area contributed by atoms with Gasteiger partial charge in [0.15, 0.2) is 15.0 Å². The highest BCUT2D eigenvalue weighted by Gasteiger charge is 2.37. The zero-order valence-electron chi connectivity index (χ0n) is 12.0. The monoisotopic (exact) mass is 340 g/mol. The second-order valence-electron chi connectivity index (χ2n) is 5.26. The van der Waals surface area contributed by atoms with Crippen LogP contribution in [0.15, 0.2) is 34.2 Å². The topological polar surface area (TPSA) is 89.3 Å². The van der Waals surface area contributed by atoms with Gasteiger partial charge in [0.25, 0.3) is 5.56 Å². The zero-order valence-corrected chi connectivity index (χ0v) is 13.6. The number of hydrogen-bond donors (Lipinski definition) is 1. The van der Waals surface area contributed by atoms with Gasteiger partial charge in [-0.1, -0.05) is 23.9 Å². The number of aromatic nitrogens is 2. The average Bonchev–Trinajstić information content (AvgIpc) is 2.72. The number of benzene rings is 1. The van der Waals surface area contributed by atoms with Crippen LogP contribution in [-0.2, 0) is 16.4 Å². The summed E-state index contributed by atoms with van der Waals surface area (Å²) in [6.07, 6.45) is -0.927. The van der Waals surface area contributed by atoms with Gasteiger partial charge in [-0.25, -0.2) is 13.4 Å². The molecule has 0 unspecified atom stereocenters. The first-order chi connectivity index (χ1) is 10.4. The van der Waals surface area contributed by atoms with Crippen LogP contribution in [0, 0.1) is 0 Å². The van der Waals surface area contributed by atoms with Gasteiger partial charge >= 0.3 is 0 Å². The summed E-state index contributed by atoms with van der Waals surface area (Å²) in [5, 5.41) is 10.4. The molecule has 2 heterocycles. The molecule has 118 valence electrons. The minimum absolute atomic E-state index is 0.0920. The quantitative estimate of drug-likeness (QED) is 0.826. The Morgan fingerprint density at radius 2 is 2.09 bits per heavy atom. The van der Waals surface area contributed by atoms with Crippen LogP contribution < -0.4 is 5.56 Å². The first-order valence-corrected chi connectivity index (χ1v) is 9.66. The van der Waals surface area contributed by atoms with Gasteiger partial charge in [-0.15, -0.1) is 0 Å². The molecule has 1 fully saturated rings. The summed E-state index contributed by atoms with van der Waals surface area (Å²) in [6, 6.07) is 7.06. The molecule has 0 amide bonds. The molecule has 0 saturated carbocycles. The number of thioether (sulfide) groups is 1. The van der Waals surface area contributed by atoms with Crippen LogP contribution in [0.4, 0.5) is 0 Å². The molecule has 0 bridgehead atoms. The van der Waals surface area contributed by atoms with Gasteiger partial charge in [0.2, 0.25) is 0 Å². The minimum Gasteiger partial charge on any atom is -0.391 e. The van der Waals surface area contributed by atoms with Gasteiger partial charge in [0, 0.05) is 6.54 Å². The second-order valence-corrected chi connectivity index (χ2v) is 8.62. The summed E-state index contributed by atoms with van der Waals surface area (Å²) in [6.45, 7) is 2.28. The van der Waals surface area contributed by atoms with Crippen LogP contribution in [0.5, 0.6) is 0 Å². The van der Waals surface area contributed by atoms with E-state index in [9.17, 15) is 18.3 Å². The van der Waals surface area contributed by atoms with E-state index in [-0.39, 0.29) is 17.1 Å². The normalized spacial score (nSPS) is 23.9. The maximum absolute atomic E-state index is 12.5. The third-order valence-corrected chi connectivity index (χ3v) is 6.91. The summed E-state index contributed by atoms with van der Waals surface area (Å²) in [4.78, 5) is 17.0. The van der Waals surface area contributed by atoms with Crippen molar-refractivity contribution in [3.63, 3.8) is 0 Å². The molecule has 0 spiro atoms. The smallest absolute Gasteiger partial charge is 0.262 e. The maximum atomic E-state index is 12.5. The Morgan fingerprint density at radius 3 is 2.73 bits per heavy atom. The highest BCUT2D eigenvalue weighted by atomic mass is 32.2. The minimum atomic E-state index is -3.22. The van der Waals surface area contributed by atoms with E-state index < -0.39 is 21.2 Å². The van der Waals surface area contributed by atoms with E-state index in [1.165, 1.54) is 4.57 Å². The summed E-state index contributed by atoms with van der Waals surface area (Å²) >= 11 is 1.16. The molecule has 0 aliphatic carbocycles. The lowest BCUT2D eigenvalue weighted by Crippen LogP contribution is -2.26. The van der Waals surface area contributed by atoms with Crippen molar-refractivity contribution in [2.75, 3.05) is 11.5 Å². The lowest BCUT2D eigenvalue weighted by molar-refractivity contribution is 0.207. The SMILES string of the molecule is CCn1c(S[C@@H]2CS(=O)(=O)C[C@H]2O)nc2ccccc2c1=O. The van der Waals surface area contributed by atoms with Crippen molar-refractivity contribution < 1.29 is 13.5 Å². The molecule has 22 heavy (non-hydrogen) atoms. The standard InChI is InChI=1S/C14H16N2O4S2/c1-2-16-13(18)9-5-3-4-6-10(9)15-14(16)21-12-8-22(19,20)7-11(12)17/h3-6,11-12,17H,2,7-8H2,1H3/t11-,12-/m1/s1. The van der Waals surface area contributed by atoms with Gasteiger partial charge in [0.1, 0.15) is 0 Å². The summed E-state index contributed by atoms with van der Waals surface area (Å²) in [5.74, 6) is -0.320. The van der Waals surface area contributed by atoms with Crippen molar-refractivity contribution in [3.05, 3.63) is 34.6 Å². The Bertz CT molecular complexity index is 876. The maximum Gasteiger partial charge on any atom is 0.262 e. The van der Waals surface area contributed by atoms with Gasteiger partial charge in [-0.2, -0.15) is 0 Å². The molecule has 1 aromatic carbocycles. The number of para-hydroxylation sites is 1. The third kappa shape index (κ3) is 2.78. The Hall–Kier alpha value is -1.38.